The van der Waals surface area contributed by atoms with Crippen LogP contribution in [0.4, 0.5) is 4.79 Å². The van der Waals surface area contributed by atoms with Crippen LogP contribution in [0.3, 0.4) is 0 Å². The van der Waals surface area contributed by atoms with Crippen LogP contribution in [-0.2, 0) is 0 Å². The van der Waals surface area contributed by atoms with Gasteiger partial charge in [-0.2, -0.15) is 4.99 Å². The normalized spacial score (nSPS) is 27.3. The fourth-order valence-electron chi connectivity index (χ4n) is 2.29. The summed E-state index contributed by atoms with van der Waals surface area (Å²) < 4.78 is 0. The quantitative estimate of drug-likeness (QED) is 0.818. The van der Waals surface area contributed by atoms with Gasteiger partial charge in [0.2, 0.25) is 0 Å². The van der Waals surface area contributed by atoms with Crippen LogP contribution in [0, 0.1) is 17.3 Å². The number of carbonyl (C=O) groups is 1. The van der Waals surface area contributed by atoms with E-state index in [0.717, 1.165) is 6.54 Å². The first kappa shape index (κ1) is 12.4. The van der Waals surface area contributed by atoms with Gasteiger partial charge < -0.3 is 10.6 Å². The summed E-state index contributed by atoms with van der Waals surface area (Å²) in [6.45, 7) is 9.54. The Morgan fingerprint density at radius 3 is 2.53 bits per heavy atom. The third kappa shape index (κ3) is 2.45. The summed E-state index contributed by atoms with van der Waals surface area (Å²) in [5, 5.41) is 0. The highest BCUT2D eigenvalue weighted by molar-refractivity contribution is 6.03. The maximum atomic E-state index is 11.8. The Morgan fingerprint density at radius 1 is 1.47 bits per heavy atom. The van der Waals surface area contributed by atoms with Gasteiger partial charge >= 0.3 is 6.03 Å². The van der Waals surface area contributed by atoms with Crippen LogP contribution in [0.15, 0.2) is 4.99 Å². The fourth-order valence-corrected chi connectivity index (χ4v) is 2.29. The molecule has 2 unspecified atom stereocenters. The molecule has 0 bridgehead atoms. The SMILES string of the molecule is CC(C1C(N)=NC(=O)N1CC1CC1)C(C)(C)C. The number of carbonyl (C=O) groups excluding carboxylic acids is 1. The monoisotopic (exact) mass is 237 g/mol. The first-order valence-electron chi connectivity index (χ1n) is 6.45. The van der Waals surface area contributed by atoms with Gasteiger partial charge in [0.05, 0.1) is 6.04 Å². The average Bonchev–Trinajstić information content (AvgIpc) is 2.93. The Labute approximate surface area is 103 Å². The van der Waals surface area contributed by atoms with Gasteiger partial charge in [0.1, 0.15) is 5.84 Å². The number of hydrogen-bond acceptors (Lipinski definition) is 2. The van der Waals surface area contributed by atoms with E-state index < -0.39 is 0 Å². The molecule has 0 aromatic heterocycles. The summed E-state index contributed by atoms with van der Waals surface area (Å²) in [5.74, 6) is 1.49. The Bertz CT molecular complexity index is 352. The number of nitrogens with zero attached hydrogens (tertiary/aromatic N) is 2. The molecule has 17 heavy (non-hydrogen) atoms. The second kappa shape index (κ2) is 4.00. The van der Waals surface area contributed by atoms with Gasteiger partial charge in [0.25, 0.3) is 0 Å². The Kier molecular flexibility index (Phi) is 2.92. The number of amidine groups is 1. The molecule has 2 amide bonds. The van der Waals surface area contributed by atoms with Crippen LogP contribution in [-0.4, -0.2) is 29.4 Å². The van der Waals surface area contributed by atoms with E-state index in [1.807, 2.05) is 4.90 Å². The maximum Gasteiger partial charge on any atom is 0.345 e. The lowest BCUT2D eigenvalue weighted by atomic mass is 9.77. The second-order valence-electron chi connectivity index (χ2n) is 6.51. The molecule has 2 rings (SSSR count). The summed E-state index contributed by atoms with van der Waals surface area (Å²) in [5.41, 5.74) is 6.06. The first-order valence-corrected chi connectivity index (χ1v) is 6.45. The van der Waals surface area contributed by atoms with Crippen LogP contribution in [0.25, 0.3) is 0 Å². The standard InChI is InChI=1S/C13H23N3O/c1-8(13(2,3)4)10-11(14)15-12(17)16(10)7-9-5-6-9/h8-10H,5-7H2,1-4H3,(H2,14,15,17). The van der Waals surface area contributed by atoms with Crippen molar-refractivity contribution in [2.24, 2.45) is 28.0 Å². The molecule has 0 aromatic carbocycles. The van der Waals surface area contributed by atoms with Crippen molar-refractivity contribution in [1.29, 1.82) is 0 Å². The van der Waals surface area contributed by atoms with Crippen LogP contribution >= 0.6 is 0 Å². The van der Waals surface area contributed by atoms with Crippen molar-refractivity contribution < 1.29 is 4.79 Å². The van der Waals surface area contributed by atoms with E-state index >= 15 is 0 Å². The largest absolute Gasteiger partial charge is 0.385 e. The molecule has 4 heteroatoms. The molecule has 1 aliphatic carbocycles. The topological polar surface area (TPSA) is 58.7 Å². The molecular weight excluding hydrogens is 214 g/mol. The first-order chi connectivity index (χ1) is 7.80. The van der Waals surface area contributed by atoms with Gasteiger partial charge in [0, 0.05) is 6.54 Å². The lowest BCUT2D eigenvalue weighted by Crippen LogP contribution is -2.49. The summed E-state index contributed by atoms with van der Waals surface area (Å²) in [4.78, 5) is 17.7. The second-order valence-corrected chi connectivity index (χ2v) is 6.51. The molecule has 2 N–H and O–H groups in total. The molecule has 96 valence electrons. The van der Waals surface area contributed by atoms with Gasteiger partial charge in [-0.1, -0.05) is 27.7 Å². The molecule has 0 aromatic rings. The number of aliphatic imine (C=N–C) groups is 1. The van der Waals surface area contributed by atoms with E-state index in [-0.39, 0.29) is 17.5 Å². The van der Waals surface area contributed by atoms with Crippen molar-refractivity contribution in [2.75, 3.05) is 6.54 Å². The zero-order valence-corrected chi connectivity index (χ0v) is 11.2. The van der Waals surface area contributed by atoms with Crippen molar-refractivity contribution in [3.8, 4) is 0 Å². The Hall–Kier alpha value is -1.06. The van der Waals surface area contributed by atoms with Crippen molar-refractivity contribution in [1.82, 2.24) is 4.90 Å². The zero-order chi connectivity index (χ0) is 12.8. The molecular formula is C13H23N3O. The molecule has 0 spiro atoms. The number of amides is 2. The number of urea groups is 1. The molecule has 2 atom stereocenters. The van der Waals surface area contributed by atoms with E-state index in [4.69, 9.17) is 5.73 Å². The number of rotatable bonds is 3. The molecule has 4 nitrogen and oxygen atoms in total. The van der Waals surface area contributed by atoms with E-state index in [0.29, 0.717) is 17.7 Å². The van der Waals surface area contributed by atoms with Crippen LogP contribution in [0.1, 0.15) is 40.5 Å². The zero-order valence-electron chi connectivity index (χ0n) is 11.2. The van der Waals surface area contributed by atoms with Crippen molar-refractivity contribution >= 4 is 11.9 Å². The van der Waals surface area contributed by atoms with Crippen molar-refractivity contribution in [2.45, 2.75) is 46.6 Å². The third-order valence-electron chi connectivity index (χ3n) is 4.10. The summed E-state index contributed by atoms with van der Waals surface area (Å²) >= 11 is 0. The molecule has 0 saturated heterocycles. The Morgan fingerprint density at radius 2 is 2.06 bits per heavy atom. The minimum absolute atomic E-state index is 0.0110. The smallest absolute Gasteiger partial charge is 0.345 e. The summed E-state index contributed by atoms with van der Waals surface area (Å²) in [6, 6.07) is -0.154. The van der Waals surface area contributed by atoms with Crippen LogP contribution in [0.2, 0.25) is 0 Å². The lowest BCUT2D eigenvalue weighted by molar-refractivity contribution is 0.146. The molecule has 1 fully saturated rings. The van der Waals surface area contributed by atoms with Gasteiger partial charge in [0.15, 0.2) is 0 Å². The van der Waals surface area contributed by atoms with Gasteiger partial charge in [-0.15, -0.1) is 0 Å². The molecule has 1 heterocycles. The lowest BCUT2D eigenvalue weighted by Gasteiger charge is -2.37. The number of nitrogens with two attached hydrogens (primary N) is 1. The fraction of sp³-hybridized carbons (Fsp3) is 0.846. The maximum absolute atomic E-state index is 11.8. The minimum atomic E-state index is -0.143. The molecule has 0 radical (unpaired) electrons. The average molecular weight is 237 g/mol. The van der Waals surface area contributed by atoms with Gasteiger partial charge in [-0.05, 0) is 30.1 Å². The summed E-state index contributed by atoms with van der Waals surface area (Å²) in [7, 11) is 0. The Balaban J connectivity index is 2.16. The van der Waals surface area contributed by atoms with E-state index in [2.05, 4.69) is 32.7 Å². The van der Waals surface area contributed by atoms with Crippen molar-refractivity contribution in [3.63, 3.8) is 0 Å². The highest BCUT2D eigenvalue weighted by Crippen LogP contribution is 2.36. The highest BCUT2D eigenvalue weighted by atomic mass is 16.2. The molecule has 2 aliphatic rings. The molecule has 1 saturated carbocycles. The van der Waals surface area contributed by atoms with E-state index in [1.165, 1.54) is 12.8 Å². The van der Waals surface area contributed by atoms with E-state index in [9.17, 15) is 4.79 Å². The van der Waals surface area contributed by atoms with E-state index in [1.54, 1.807) is 0 Å². The minimum Gasteiger partial charge on any atom is -0.385 e. The highest BCUT2D eigenvalue weighted by Gasteiger charge is 2.43. The molecule has 1 aliphatic heterocycles. The number of hydrogen-bond donors (Lipinski definition) is 1. The predicted octanol–water partition coefficient (Wildman–Crippen LogP) is 2.24. The van der Waals surface area contributed by atoms with Crippen LogP contribution < -0.4 is 5.73 Å². The van der Waals surface area contributed by atoms with Gasteiger partial charge in [-0.25, -0.2) is 4.79 Å². The van der Waals surface area contributed by atoms with Crippen molar-refractivity contribution in [3.05, 3.63) is 0 Å². The summed E-state index contributed by atoms with van der Waals surface area (Å²) in [6.07, 6.45) is 2.47. The van der Waals surface area contributed by atoms with Gasteiger partial charge in [-0.3, -0.25) is 0 Å². The predicted molar refractivity (Wildman–Crippen MR) is 68.9 cm³/mol. The third-order valence-corrected chi connectivity index (χ3v) is 4.10. The van der Waals surface area contributed by atoms with Crippen LogP contribution in [0.5, 0.6) is 0 Å².